The topological polar surface area (TPSA) is 68.7 Å². The highest BCUT2D eigenvalue weighted by Gasteiger charge is 2.52. The maximum atomic E-state index is 13.1. The fourth-order valence-electron chi connectivity index (χ4n) is 3.36. The maximum absolute atomic E-state index is 13.1. The van der Waals surface area contributed by atoms with Gasteiger partial charge in [0, 0.05) is 29.6 Å². The van der Waals surface area contributed by atoms with Crippen molar-refractivity contribution < 1.29 is 17.9 Å². The zero-order valence-electron chi connectivity index (χ0n) is 14.7. The van der Waals surface area contributed by atoms with Crippen molar-refractivity contribution in [2.75, 3.05) is 26.3 Å². The van der Waals surface area contributed by atoms with E-state index in [1.807, 2.05) is 39.0 Å². The summed E-state index contributed by atoms with van der Waals surface area (Å²) in [5, 5.41) is 0.827. The normalized spacial score (nSPS) is 22.8. The molecule has 0 bridgehead atoms. The quantitative estimate of drug-likeness (QED) is 0.820. The summed E-state index contributed by atoms with van der Waals surface area (Å²) in [5.41, 5.74) is 1.09. The van der Waals surface area contributed by atoms with Crippen LogP contribution in [0.3, 0.4) is 0 Å². The number of nitrogens with zero attached hydrogens (tertiary/aromatic N) is 2. The minimum absolute atomic E-state index is 0.240. The van der Waals surface area contributed by atoms with Gasteiger partial charge in [-0.2, -0.15) is 4.31 Å². The van der Waals surface area contributed by atoms with Crippen LogP contribution in [0.1, 0.15) is 19.5 Å². The molecule has 2 fully saturated rings. The van der Waals surface area contributed by atoms with E-state index in [-0.39, 0.29) is 10.3 Å². The van der Waals surface area contributed by atoms with Crippen molar-refractivity contribution in [1.29, 1.82) is 0 Å². The van der Waals surface area contributed by atoms with E-state index in [2.05, 4.69) is 4.98 Å². The van der Waals surface area contributed by atoms with Gasteiger partial charge < -0.3 is 9.47 Å². The molecule has 1 aromatic carbocycles. The van der Waals surface area contributed by atoms with Crippen LogP contribution >= 0.6 is 0 Å². The largest absolute Gasteiger partial charge is 0.350 e. The number of rotatable bonds is 2. The summed E-state index contributed by atoms with van der Waals surface area (Å²) >= 11 is 0. The number of ether oxygens (including phenoxy) is 2. The molecular weight excluding hydrogens is 340 g/mol. The Kier molecular flexibility index (Phi) is 3.70. The first kappa shape index (κ1) is 16.9. The van der Waals surface area contributed by atoms with Crippen LogP contribution in [0.15, 0.2) is 35.2 Å². The number of benzene rings is 1. The number of aryl methyl sites for hydroxylation is 1. The van der Waals surface area contributed by atoms with Gasteiger partial charge >= 0.3 is 0 Å². The van der Waals surface area contributed by atoms with Crippen molar-refractivity contribution in [1.82, 2.24) is 9.29 Å². The monoisotopic (exact) mass is 362 g/mol. The predicted octanol–water partition coefficient (Wildman–Crippen LogP) is 2.32. The molecule has 0 amide bonds. The van der Waals surface area contributed by atoms with Gasteiger partial charge in [0.15, 0.2) is 5.79 Å². The summed E-state index contributed by atoms with van der Waals surface area (Å²) in [6.07, 6.45) is 0. The summed E-state index contributed by atoms with van der Waals surface area (Å²) in [5.74, 6) is -0.596. The van der Waals surface area contributed by atoms with Crippen molar-refractivity contribution in [3.8, 4) is 0 Å². The smallest absolute Gasteiger partial charge is 0.245 e. The van der Waals surface area contributed by atoms with Crippen molar-refractivity contribution in [3.05, 3.63) is 36.0 Å². The number of para-hydroxylation sites is 1. The molecule has 0 atom stereocenters. The minimum Gasteiger partial charge on any atom is -0.350 e. The molecule has 1 spiro atoms. The Bertz CT molecular complexity index is 921. The molecule has 1 aromatic heterocycles. The number of fused-ring (bicyclic) bond motifs is 1. The Morgan fingerprint density at radius 1 is 1.08 bits per heavy atom. The molecule has 134 valence electrons. The third kappa shape index (κ3) is 2.85. The van der Waals surface area contributed by atoms with Gasteiger partial charge in [-0.15, -0.1) is 0 Å². The highest BCUT2D eigenvalue weighted by atomic mass is 32.2. The van der Waals surface area contributed by atoms with Gasteiger partial charge in [0.05, 0.1) is 18.7 Å². The molecule has 25 heavy (non-hydrogen) atoms. The lowest BCUT2D eigenvalue weighted by molar-refractivity contribution is -0.299. The van der Waals surface area contributed by atoms with Crippen LogP contribution < -0.4 is 0 Å². The summed E-state index contributed by atoms with van der Waals surface area (Å²) in [6.45, 7) is 7.45. The Balaban J connectivity index is 1.61. The van der Waals surface area contributed by atoms with Crippen LogP contribution in [0.25, 0.3) is 10.9 Å². The first-order valence-electron chi connectivity index (χ1n) is 8.35. The van der Waals surface area contributed by atoms with Gasteiger partial charge in [-0.1, -0.05) is 18.2 Å². The van der Waals surface area contributed by atoms with Gasteiger partial charge in [0.25, 0.3) is 0 Å². The molecule has 3 heterocycles. The van der Waals surface area contributed by atoms with E-state index < -0.39 is 15.8 Å². The number of sulfonamides is 1. The highest BCUT2D eigenvalue weighted by molar-refractivity contribution is 7.89. The zero-order chi connectivity index (χ0) is 17.9. The minimum atomic E-state index is -3.59. The second-order valence-corrected chi connectivity index (χ2v) is 9.44. The number of aromatic nitrogens is 1. The molecule has 0 N–H and O–H groups in total. The van der Waals surface area contributed by atoms with Crippen LogP contribution in [0.2, 0.25) is 0 Å². The van der Waals surface area contributed by atoms with Gasteiger partial charge in [-0.25, -0.2) is 8.42 Å². The SMILES string of the molecule is Cc1ccc2cccc(S(=O)(=O)N3CC4(COC(C)(C)OC4)C3)c2n1. The summed E-state index contributed by atoms with van der Waals surface area (Å²) in [6, 6.07) is 9.06. The molecule has 0 saturated carbocycles. The Morgan fingerprint density at radius 2 is 1.76 bits per heavy atom. The molecule has 4 rings (SSSR count). The van der Waals surface area contributed by atoms with Gasteiger partial charge in [-0.05, 0) is 32.9 Å². The van der Waals surface area contributed by atoms with Crippen LogP contribution in [0.4, 0.5) is 0 Å². The molecule has 0 radical (unpaired) electrons. The average Bonchev–Trinajstić information content (AvgIpc) is 2.52. The van der Waals surface area contributed by atoms with Crippen molar-refractivity contribution in [2.45, 2.75) is 31.5 Å². The van der Waals surface area contributed by atoms with Crippen molar-refractivity contribution in [3.63, 3.8) is 0 Å². The van der Waals surface area contributed by atoms with Gasteiger partial charge in [0.2, 0.25) is 10.0 Å². The number of pyridine rings is 1. The molecule has 6 nitrogen and oxygen atoms in total. The van der Waals surface area contributed by atoms with Crippen molar-refractivity contribution in [2.24, 2.45) is 5.41 Å². The second kappa shape index (κ2) is 5.48. The van der Waals surface area contributed by atoms with E-state index >= 15 is 0 Å². The second-order valence-electron chi connectivity index (χ2n) is 7.53. The van der Waals surface area contributed by atoms with Crippen LogP contribution in [0, 0.1) is 12.3 Å². The fourth-order valence-corrected chi connectivity index (χ4v) is 5.18. The Morgan fingerprint density at radius 3 is 2.44 bits per heavy atom. The lowest BCUT2D eigenvalue weighted by atomic mass is 9.82. The lowest BCUT2D eigenvalue weighted by Gasteiger charge is -2.53. The lowest BCUT2D eigenvalue weighted by Crippen LogP contribution is -2.65. The third-order valence-electron chi connectivity index (χ3n) is 4.92. The van der Waals surface area contributed by atoms with Crippen LogP contribution in [0.5, 0.6) is 0 Å². The average molecular weight is 362 g/mol. The summed E-state index contributed by atoms with van der Waals surface area (Å²) in [7, 11) is -3.59. The van der Waals surface area contributed by atoms with Crippen molar-refractivity contribution >= 4 is 20.9 Å². The first-order chi connectivity index (χ1) is 11.7. The Labute approximate surface area is 147 Å². The van der Waals surface area contributed by atoms with E-state index in [9.17, 15) is 8.42 Å². The van der Waals surface area contributed by atoms with E-state index in [1.54, 1.807) is 12.1 Å². The van der Waals surface area contributed by atoms with E-state index in [1.165, 1.54) is 4.31 Å². The molecule has 2 aromatic rings. The summed E-state index contributed by atoms with van der Waals surface area (Å²) in [4.78, 5) is 4.72. The van der Waals surface area contributed by atoms with Crippen LogP contribution in [-0.2, 0) is 19.5 Å². The summed E-state index contributed by atoms with van der Waals surface area (Å²) < 4.78 is 39.1. The highest BCUT2D eigenvalue weighted by Crippen LogP contribution is 2.40. The zero-order valence-corrected chi connectivity index (χ0v) is 15.5. The molecule has 2 aliphatic rings. The van der Waals surface area contributed by atoms with E-state index in [0.29, 0.717) is 31.8 Å². The Hall–Kier alpha value is -1.54. The van der Waals surface area contributed by atoms with Crippen LogP contribution in [-0.4, -0.2) is 49.8 Å². The van der Waals surface area contributed by atoms with E-state index in [4.69, 9.17) is 9.47 Å². The molecule has 2 saturated heterocycles. The predicted molar refractivity (Wildman–Crippen MR) is 93.7 cm³/mol. The molecule has 7 heteroatoms. The maximum Gasteiger partial charge on any atom is 0.245 e. The fraction of sp³-hybridized carbons (Fsp3) is 0.500. The van der Waals surface area contributed by atoms with Gasteiger partial charge in [0.1, 0.15) is 4.90 Å². The van der Waals surface area contributed by atoms with E-state index in [0.717, 1.165) is 11.1 Å². The number of hydrogen-bond donors (Lipinski definition) is 0. The molecule has 2 aliphatic heterocycles. The first-order valence-corrected chi connectivity index (χ1v) is 9.79. The third-order valence-corrected chi connectivity index (χ3v) is 6.74. The number of hydrogen-bond acceptors (Lipinski definition) is 5. The molecule has 0 unspecified atom stereocenters. The molecule has 0 aliphatic carbocycles. The van der Waals surface area contributed by atoms with Gasteiger partial charge in [-0.3, -0.25) is 4.98 Å². The molecular formula is C18H22N2O4S. The standard InChI is InChI=1S/C18H22N2O4S/c1-13-7-8-14-5-4-6-15(16(14)19-13)25(21,22)20-9-18(10-20)11-23-17(2,3)24-12-18/h4-8H,9-12H2,1-3H3.